The highest BCUT2D eigenvalue weighted by atomic mass is 79.9. The van der Waals surface area contributed by atoms with Crippen LogP contribution in [0.5, 0.6) is 0 Å². The lowest BCUT2D eigenvalue weighted by atomic mass is 10.2. The lowest BCUT2D eigenvalue weighted by Gasteiger charge is -2.36. The van der Waals surface area contributed by atoms with Crippen LogP contribution in [0.4, 0.5) is 4.79 Å². The Hall–Kier alpha value is -0.663. The molecular weight excluding hydrogens is 340 g/mol. The van der Waals surface area contributed by atoms with Crippen molar-refractivity contribution in [3.05, 3.63) is 10.7 Å². The number of likely N-dealkylation sites (N-methyl/N-ethyl adjacent to an activating group) is 1. The second kappa shape index (κ2) is 5.99. The summed E-state index contributed by atoms with van der Waals surface area (Å²) in [5, 5.41) is 0.115. The molecule has 3 amide bonds. The Morgan fingerprint density at radius 2 is 1.85 bits per heavy atom. The minimum atomic E-state index is -1.85. The molecule has 0 bridgehead atoms. The van der Waals surface area contributed by atoms with Crippen LogP contribution in [0.2, 0.25) is 18.1 Å². The van der Waals surface area contributed by atoms with Crippen molar-refractivity contribution < 1.29 is 14.0 Å². The molecule has 0 aromatic carbocycles. The van der Waals surface area contributed by atoms with E-state index in [0.29, 0.717) is 18.8 Å². The van der Waals surface area contributed by atoms with Gasteiger partial charge in [-0.05, 0) is 18.1 Å². The predicted octanol–water partition coefficient (Wildman–Crippen LogP) is 3.14. The first-order valence-electron chi connectivity index (χ1n) is 6.57. The van der Waals surface area contributed by atoms with E-state index in [1.807, 2.05) is 0 Å². The third-order valence-electron chi connectivity index (χ3n) is 4.03. The molecule has 1 saturated heterocycles. The van der Waals surface area contributed by atoms with Gasteiger partial charge in [-0.2, -0.15) is 0 Å². The fourth-order valence-electron chi connectivity index (χ4n) is 1.58. The van der Waals surface area contributed by atoms with Crippen molar-refractivity contribution in [3.63, 3.8) is 0 Å². The Morgan fingerprint density at radius 3 is 2.25 bits per heavy atom. The van der Waals surface area contributed by atoms with Gasteiger partial charge in [-0.3, -0.25) is 14.6 Å². The molecule has 1 heterocycles. The average molecular weight is 363 g/mol. The van der Waals surface area contributed by atoms with Crippen LogP contribution in [0, 0.1) is 0 Å². The molecule has 0 radical (unpaired) electrons. The van der Waals surface area contributed by atoms with Gasteiger partial charge >= 0.3 is 6.03 Å². The number of hydrogen-bond acceptors (Lipinski definition) is 3. The van der Waals surface area contributed by atoms with E-state index < -0.39 is 8.32 Å². The topological polar surface area (TPSA) is 49.9 Å². The number of carbonyl (C=O) groups is 2. The van der Waals surface area contributed by atoms with Gasteiger partial charge in [0.2, 0.25) is 0 Å². The van der Waals surface area contributed by atoms with Crippen LogP contribution in [-0.4, -0.2) is 50.3 Å². The van der Waals surface area contributed by atoms with Gasteiger partial charge < -0.3 is 4.43 Å². The minimum Gasteiger partial charge on any atom is -0.415 e. The van der Waals surface area contributed by atoms with E-state index in [1.165, 1.54) is 14.8 Å². The van der Waals surface area contributed by atoms with E-state index >= 15 is 0 Å². The highest BCUT2D eigenvalue weighted by Crippen LogP contribution is 2.36. The maximum atomic E-state index is 12.0. The third-order valence-corrected chi connectivity index (χ3v) is 9.00. The van der Waals surface area contributed by atoms with Crippen LogP contribution in [0.3, 0.4) is 0 Å². The molecule has 1 rings (SSSR count). The van der Waals surface area contributed by atoms with Gasteiger partial charge in [0.05, 0.1) is 13.2 Å². The highest BCUT2D eigenvalue weighted by molar-refractivity contribution is 9.11. The van der Waals surface area contributed by atoms with E-state index in [9.17, 15) is 9.59 Å². The molecule has 0 atom stereocenters. The SMILES string of the molecule is CN1C(=O)N(CCO[Si](C)(C)C(C)(C)C)C(=O)/C1=C/Br. The largest absolute Gasteiger partial charge is 0.415 e. The number of hydrogen-bond donors (Lipinski definition) is 0. The van der Waals surface area contributed by atoms with E-state index in [4.69, 9.17) is 4.43 Å². The zero-order valence-electron chi connectivity index (χ0n) is 13.0. The van der Waals surface area contributed by atoms with Crippen LogP contribution < -0.4 is 0 Å². The zero-order chi connectivity index (χ0) is 15.7. The summed E-state index contributed by atoms with van der Waals surface area (Å²) in [6.45, 7) is 11.4. The van der Waals surface area contributed by atoms with Gasteiger partial charge in [0.15, 0.2) is 8.32 Å². The monoisotopic (exact) mass is 362 g/mol. The lowest BCUT2D eigenvalue weighted by Crippen LogP contribution is -2.43. The predicted molar refractivity (Wildman–Crippen MR) is 85.0 cm³/mol. The van der Waals surface area contributed by atoms with Gasteiger partial charge in [-0.15, -0.1) is 0 Å². The maximum absolute atomic E-state index is 12.0. The standard InChI is InChI=1S/C13H23BrN2O3Si/c1-13(2,3)20(5,6)19-8-7-16-11(17)10(9-14)15(4)12(16)18/h9H,7-8H2,1-6H3/b10-9-. The molecule has 0 aliphatic carbocycles. The molecule has 1 fully saturated rings. The smallest absolute Gasteiger partial charge is 0.331 e. The van der Waals surface area contributed by atoms with Gasteiger partial charge in [0, 0.05) is 12.0 Å². The first-order chi connectivity index (χ1) is 9.03. The van der Waals surface area contributed by atoms with Crippen LogP contribution in [-0.2, 0) is 9.22 Å². The normalized spacial score (nSPS) is 19.4. The number of amides is 3. The van der Waals surface area contributed by atoms with Crippen molar-refractivity contribution in [3.8, 4) is 0 Å². The van der Waals surface area contributed by atoms with Crippen molar-refractivity contribution in [2.45, 2.75) is 38.9 Å². The minimum absolute atomic E-state index is 0.115. The summed E-state index contributed by atoms with van der Waals surface area (Å²) >= 11 is 3.11. The van der Waals surface area contributed by atoms with Crippen LogP contribution in [0.25, 0.3) is 0 Å². The van der Waals surface area contributed by atoms with Gasteiger partial charge in [-0.25, -0.2) is 4.79 Å². The number of imide groups is 1. The fourth-order valence-corrected chi connectivity index (χ4v) is 3.12. The number of urea groups is 1. The Kier molecular flexibility index (Phi) is 5.21. The first kappa shape index (κ1) is 17.4. The second-order valence-electron chi connectivity index (χ2n) is 6.40. The van der Waals surface area contributed by atoms with Crippen molar-refractivity contribution in [1.82, 2.24) is 9.80 Å². The van der Waals surface area contributed by atoms with E-state index in [-0.39, 0.29) is 17.0 Å². The van der Waals surface area contributed by atoms with Crippen molar-refractivity contribution in [2.24, 2.45) is 0 Å². The fraction of sp³-hybridized carbons (Fsp3) is 0.692. The van der Waals surface area contributed by atoms with Crippen molar-refractivity contribution in [1.29, 1.82) is 0 Å². The molecular formula is C13H23BrN2O3Si. The molecule has 0 N–H and O–H groups in total. The number of rotatable bonds is 4. The Bertz CT molecular complexity index is 443. The first-order valence-corrected chi connectivity index (χ1v) is 10.4. The molecule has 1 aliphatic rings. The molecule has 1 aliphatic heterocycles. The quantitative estimate of drug-likeness (QED) is 0.438. The average Bonchev–Trinajstić information content (AvgIpc) is 2.51. The van der Waals surface area contributed by atoms with E-state index in [2.05, 4.69) is 49.8 Å². The van der Waals surface area contributed by atoms with Gasteiger partial charge in [-0.1, -0.05) is 36.7 Å². The number of halogens is 1. The Balaban J connectivity index is 2.64. The number of nitrogens with zero attached hydrogens (tertiary/aromatic N) is 2. The van der Waals surface area contributed by atoms with E-state index in [1.54, 1.807) is 7.05 Å². The molecule has 0 unspecified atom stereocenters. The maximum Gasteiger partial charge on any atom is 0.331 e. The van der Waals surface area contributed by atoms with Gasteiger partial charge in [0.1, 0.15) is 5.70 Å². The molecule has 5 nitrogen and oxygen atoms in total. The lowest BCUT2D eigenvalue weighted by molar-refractivity contribution is -0.123. The zero-order valence-corrected chi connectivity index (χ0v) is 15.6. The van der Waals surface area contributed by atoms with Crippen LogP contribution in [0.1, 0.15) is 20.8 Å². The summed E-state index contributed by atoms with van der Waals surface area (Å²) in [6, 6.07) is -0.306. The summed E-state index contributed by atoms with van der Waals surface area (Å²) in [5.41, 5.74) is 0.349. The molecule has 0 aromatic rings. The van der Waals surface area contributed by atoms with E-state index in [0.717, 1.165) is 0 Å². The van der Waals surface area contributed by atoms with Crippen molar-refractivity contribution in [2.75, 3.05) is 20.2 Å². The highest BCUT2D eigenvalue weighted by Gasteiger charge is 2.40. The van der Waals surface area contributed by atoms with Crippen LogP contribution >= 0.6 is 15.9 Å². The Labute approximate surface area is 130 Å². The molecule has 114 valence electrons. The summed E-state index contributed by atoms with van der Waals surface area (Å²) in [6.07, 6.45) is 0. The molecule has 0 saturated carbocycles. The molecule has 0 spiro atoms. The summed E-state index contributed by atoms with van der Waals surface area (Å²) in [7, 11) is -0.265. The summed E-state index contributed by atoms with van der Waals surface area (Å²) in [5.74, 6) is -0.284. The summed E-state index contributed by atoms with van der Waals surface area (Å²) < 4.78 is 6.00. The molecule has 7 heteroatoms. The van der Waals surface area contributed by atoms with Crippen molar-refractivity contribution >= 4 is 36.2 Å². The van der Waals surface area contributed by atoms with Crippen LogP contribution in [0.15, 0.2) is 10.7 Å². The Morgan fingerprint density at radius 1 is 1.30 bits per heavy atom. The summed E-state index contributed by atoms with van der Waals surface area (Å²) in [4.78, 5) is 28.0. The molecule has 0 aromatic heterocycles. The number of carbonyl (C=O) groups excluding carboxylic acids is 2. The third kappa shape index (κ3) is 3.32. The molecule has 20 heavy (non-hydrogen) atoms. The second-order valence-corrected chi connectivity index (χ2v) is 11.7. The van der Waals surface area contributed by atoms with Gasteiger partial charge in [0.25, 0.3) is 5.91 Å².